The van der Waals surface area contributed by atoms with Crippen molar-refractivity contribution in [3.05, 3.63) is 36.1 Å². The Morgan fingerprint density at radius 3 is 3.18 bits per heavy atom. The Labute approximate surface area is 64.9 Å². The minimum atomic E-state index is -0.0579. The maximum atomic E-state index is 10.5. The molecular weight excluding hydrogens is 140 g/mol. The molecule has 2 rings (SSSR count). The summed E-state index contributed by atoms with van der Waals surface area (Å²) in [6.07, 6.45) is 10.1. The molecule has 2 aliphatic rings. The van der Waals surface area contributed by atoms with E-state index in [1.165, 1.54) is 0 Å². The molecule has 1 heterocycles. The van der Waals surface area contributed by atoms with E-state index in [0.717, 1.165) is 11.9 Å². The van der Waals surface area contributed by atoms with Crippen LogP contribution >= 0.6 is 0 Å². The Morgan fingerprint density at radius 1 is 1.45 bits per heavy atom. The maximum Gasteiger partial charge on any atom is 0.149 e. The van der Waals surface area contributed by atoms with E-state index in [4.69, 9.17) is 4.74 Å². The number of allylic oxidation sites excluding steroid dienone is 2. The Kier molecular flexibility index (Phi) is 1.39. The van der Waals surface area contributed by atoms with Crippen LogP contribution in [0.3, 0.4) is 0 Å². The molecule has 1 aliphatic heterocycles. The van der Waals surface area contributed by atoms with Crippen molar-refractivity contribution >= 4 is 6.29 Å². The number of carbonyl (C=O) groups excluding carboxylic acids is 1. The predicted octanol–water partition coefficient (Wildman–Crippen LogP) is 1.21. The van der Waals surface area contributed by atoms with Crippen molar-refractivity contribution in [2.45, 2.75) is 6.10 Å². The number of rotatable bonds is 1. The topological polar surface area (TPSA) is 26.3 Å². The van der Waals surface area contributed by atoms with Gasteiger partial charge in [0.2, 0.25) is 0 Å². The van der Waals surface area contributed by atoms with Gasteiger partial charge in [0.1, 0.15) is 12.4 Å². The van der Waals surface area contributed by atoms with Crippen LogP contribution in [-0.4, -0.2) is 12.4 Å². The lowest BCUT2D eigenvalue weighted by Crippen LogP contribution is -2.20. The van der Waals surface area contributed by atoms with E-state index in [9.17, 15) is 4.79 Å². The Hall–Kier alpha value is -1.31. The van der Waals surface area contributed by atoms with Gasteiger partial charge in [0.05, 0.1) is 6.26 Å². The molecule has 56 valence electrons. The van der Waals surface area contributed by atoms with Gasteiger partial charge >= 0.3 is 0 Å². The molecule has 0 N–H and O–H groups in total. The molecule has 2 unspecified atom stereocenters. The van der Waals surface area contributed by atoms with Crippen LogP contribution in [0, 0.1) is 5.92 Å². The third kappa shape index (κ3) is 0.909. The fraction of sp³-hybridized carbons (Fsp3) is 0.222. The van der Waals surface area contributed by atoms with E-state index in [1.807, 2.05) is 18.2 Å². The second kappa shape index (κ2) is 2.38. The normalized spacial score (nSPS) is 32.5. The Morgan fingerprint density at radius 2 is 2.36 bits per heavy atom. The van der Waals surface area contributed by atoms with E-state index in [0.29, 0.717) is 0 Å². The summed E-state index contributed by atoms with van der Waals surface area (Å²) in [5.41, 5.74) is 0.725. The molecule has 2 heteroatoms. The molecule has 0 aromatic carbocycles. The summed E-state index contributed by atoms with van der Waals surface area (Å²) in [6.45, 7) is 0. The first kappa shape index (κ1) is 6.40. The van der Waals surface area contributed by atoms with Crippen LogP contribution in [0.4, 0.5) is 0 Å². The smallest absolute Gasteiger partial charge is 0.149 e. The van der Waals surface area contributed by atoms with Gasteiger partial charge in [0, 0.05) is 11.5 Å². The van der Waals surface area contributed by atoms with Crippen molar-refractivity contribution in [1.82, 2.24) is 0 Å². The SMILES string of the molecule is O=CC1=CC=CC2C=COC12. The number of hydrogen-bond donors (Lipinski definition) is 0. The summed E-state index contributed by atoms with van der Waals surface area (Å²) in [6, 6.07) is 0. The van der Waals surface area contributed by atoms with Crippen LogP contribution in [-0.2, 0) is 9.53 Å². The standard InChI is InChI=1S/C9H8O2/c10-6-8-3-1-2-7-4-5-11-9(7)8/h1-7,9H. The highest BCUT2D eigenvalue weighted by Gasteiger charge is 2.27. The fourth-order valence-electron chi connectivity index (χ4n) is 1.37. The molecule has 2 atom stereocenters. The summed E-state index contributed by atoms with van der Waals surface area (Å²) in [5, 5.41) is 0. The van der Waals surface area contributed by atoms with Gasteiger partial charge in [-0.15, -0.1) is 0 Å². The van der Waals surface area contributed by atoms with Gasteiger partial charge < -0.3 is 4.74 Å². The molecular formula is C9H8O2. The molecule has 0 fully saturated rings. The van der Waals surface area contributed by atoms with Crippen molar-refractivity contribution in [2.75, 3.05) is 0 Å². The van der Waals surface area contributed by atoms with Crippen LogP contribution in [0.2, 0.25) is 0 Å². The Balaban J connectivity index is 2.30. The summed E-state index contributed by atoms with van der Waals surface area (Å²) in [5.74, 6) is 0.264. The maximum absolute atomic E-state index is 10.5. The van der Waals surface area contributed by atoms with Crippen molar-refractivity contribution in [3.8, 4) is 0 Å². The molecule has 0 bridgehead atoms. The molecule has 1 aliphatic carbocycles. The summed E-state index contributed by atoms with van der Waals surface area (Å²) in [4.78, 5) is 10.5. The zero-order chi connectivity index (χ0) is 7.68. The van der Waals surface area contributed by atoms with Gasteiger partial charge in [-0.1, -0.05) is 18.2 Å². The van der Waals surface area contributed by atoms with Gasteiger partial charge in [0.25, 0.3) is 0 Å². The lowest BCUT2D eigenvalue weighted by molar-refractivity contribution is -0.105. The number of carbonyl (C=O) groups is 1. The quantitative estimate of drug-likeness (QED) is 0.522. The first-order valence-corrected chi connectivity index (χ1v) is 3.57. The first-order chi connectivity index (χ1) is 5.42. The van der Waals surface area contributed by atoms with Gasteiger partial charge in [-0.2, -0.15) is 0 Å². The van der Waals surface area contributed by atoms with Gasteiger partial charge in [-0.25, -0.2) is 0 Å². The van der Waals surface area contributed by atoms with Gasteiger partial charge in [-0.3, -0.25) is 4.79 Å². The summed E-state index contributed by atoms with van der Waals surface area (Å²) >= 11 is 0. The molecule has 11 heavy (non-hydrogen) atoms. The largest absolute Gasteiger partial charge is 0.493 e. The fourth-order valence-corrected chi connectivity index (χ4v) is 1.37. The van der Waals surface area contributed by atoms with Gasteiger partial charge in [-0.05, 0) is 6.08 Å². The molecule has 0 spiro atoms. The lowest BCUT2D eigenvalue weighted by Gasteiger charge is -2.17. The molecule has 0 aromatic rings. The third-order valence-electron chi connectivity index (χ3n) is 1.96. The Bertz CT molecular complexity index is 261. The number of fused-ring (bicyclic) bond motifs is 1. The van der Waals surface area contributed by atoms with Crippen molar-refractivity contribution < 1.29 is 9.53 Å². The number of aldehydes is 1. The first-order valence-electron chi connectivity index (χ1n) is 3.57. The van der Waals surface area contributed by atoms with Crippen LogP contribution < -0.4 is 0 Å². The molecule has 0 radical (unpaired) electrons. The van der Waals surface area contributed by atoms with Crippen LogP contribution in [0.5, 0.6) is 0 Å². The van der Waals surface area contributed by atoms with E-state index in [2.05, 4.69) is 0 Å². The highest BCUT2D eigenvalue weighted by molar-refractivity contribution is 5.76. The monoisotopic (exact) mass is 148 g/mol. The number of hydrogen-bond acceptors (Lipinski definition) is 2. The average molecular weight is 148 g/mol. The van der Waals surface area contributed by atoms with E-state index in [1.54, 1.807) is 12.3 Å². The predicted molar refractivity (Wildman–Crippen MR) is 40.8 cm³/mol. The number of ether oxygens (including phenoxy) is 1. The van der Waals surface area contributed by atoms with Crippen LogP contribution in [0.15, 0.2) is 36.1 Å². The molecule has 0 saturated carbocycles. The van der Waals surface area contributed by atoms with E-state index >= 15 is 0 Å². The van der Waals surface area contributed by atoms with Crippen molar-refractivity contribution in [3.63, 3.8) is 0 Å². The zero-order valence-electron chi connectivity index (χ0n) is 5.94. The molecule has 0 amide bonds. The average Bonchev–Trinajstić information content (AvgIpc) is 2.50. The van der Waals surface area contributed by atoms with E-state index < -0.39 is 0 Å². The molecule has 2 nitrogen and oxygen atoms in total. The van der Waals surface area contributed by atoms with Crippen LogP contribution in [0.25, 0.3) is 0 Å². The summed E-state index contributed by atoms with van der Waals surface area (Å²) in [7, 11) is 0. The van der Waals surface area contributed by atoms with E-state index in [-0.39, 0.29) is 12.0 Å². The lowest BCUT2D eigenvalue weighted by atomic mass is 9.93. The molecule has 0 aromatic heterocycles. The summed E-state index contributed by atoms with van der Waals surface area (Å²) < 4.78 is 5.23. The molecule has 0 saturated heterocycles. The van der Waals surface area contributed by atoms with Gasteiger partial charge in [0.15, 0.2) is 0 Å². The second-order valence-corrected chi connectivity index (χ2v) is 2.63. The third-order valence-corrected chi connectivity index (χ3v) is 1.96. The zero-order valence-corrected chi connectivity index (χ0v) is 5.94. The highest BCUT2D eigenvalue weighted by atomic mass is 16.5. The van der Waals surface area contributed by atoms with Crippen molar-refractivity contribution in [1.29, 1.82) is 0 Å². The van der Waals surface area contributed by atoms with Crippen LogP contribution in [0.1, 0.15) is 0 Å². The minimum Gasteiger partial charge on any atom is -0.493 e. The highest BCUT2D eigenvalue weighted by Crippen LogP contribution is 2.27. The minimum absolute atomic E-state index is 0.0579. The van der Waals surface area contributed by atoms with Crippen molar-refractivity contribution in [2.24, 2.45) is 5.92 Å². The second-order valence-electron chi connectivity index (χ2n) is 2.63.